The summed E-state index contributed by atoms with van der Waals surface area (Å²) in [4.78, 5) is 32.0. The minimum Gasteiger partial charge on any atom is -0.465 e. The number of anilines is 1. The van der Waals surface area contributed by atoms with Gasteiger partial charge in [0.25, 0.3) is 0 Å². The maximum atomic E-state index is 12.3. The van der Waals surface area contributed by atoms with Gasteiger partial charge in [0, 0.05) is 25.7 Å². The molecule has 0 spiro atoms. The molecule has 1 aliphatic rings. The number of esters is 1. The van der Waals surface area contributed by atoms with Crippen LogP contribution in [0.2, 0.25) is 5.15 Å². The Labute approximate surface area is 152 Å². The SMILES string of the molecule is COC(=O)c1cc(Cl)nc(N2CCN(C(=O)OC(C)(C)C)[C@H](C)C2)c1. The van der Waals surface area contributed by atoms with Crippen LogP contribution in [0, 0.1) is 0 Å². The number of piperazine rings is 1. The Morgan fingerprint density at radius 1 is 1.28 bits per heavy atom. The van der Waals surface area contributed by atoms with Gasteiger partial charge in [0.2, 0.25) is 0 Å². The van der Waals surface area contributed by atoms with Crippen LogP contribution in [0.15, 0.2) is 12.1 Å². The van der Waals surface area contributed by atoms with E-state index in [0.29, 0.717) is 31.0 Å². The van der Waals surface area contributed by atoms with Crippen molar-refractivity contribution in [2.45, 2.75) is 39.3 Å². The van der Waals surface area contributed by atoms with Crippen LogP contribution in [0.5, 0.6) is 0 Å². The first-order valence-electron chi connectivity index (χ1n) is 8.11. The molecule has 0 bridgehead atoms. The molecule has 1 aliphatic heterocycles. The van der Waals surface area contributed by atoms with E-state index in [4.69, 9.17) is 21.1 Å². The first kappa shape index (κ1) is 19.3. The first-order chi connectivity index (χ1) is 11.6. The Kier molecular flexibility index (Phi) is 5.77. The van der Waals surface area contributed by atoms with Gasteiger partial charge in [-0.15, -0.1) is 0 Å². The normalized spacial score (nSPS) is 18.1. The molecular weight excluding hydrogens is 346 g/mol. The number of methoxy groups -OCH3 is 1. The fourth-order valence-electron chi connectivity index (χ4n) is 2.64. The number of aromatic nitrogens is 1. The number of nitrogens with zero attached hydrogens (tertiary/aromatic N) is 3. The van der Waals surface area contributed by atoms with E-state index < -0.39 is 11.6 Å². The summed E-state index contributed by atoms with van der Waals surface area (Å²) in [5, 5.41) is 0.222. The van der Waals surface area contributed by atoms with Crippen LogP contribution in [0.4, 0.5) is 10.6 Å². The lowest BCUT2D eigenvalue weighted by Crippen LogP contribution is -2.55. The van der Waals surface area contributed by atoms with Crippen molar-refractivity contribution in [1.82, 2.24) is 9.88 Å². The summed E-state index contributed by atoms with van der Waals surface area (Å²) >= 11 is 6.03. The predicted octanol–water partition coefficient (Wildman–Crippen LogP) is 2.97. The van der Waals surface area contributed by atoms with Crippen molar-refractivity contribution < 1.29 is 19.1 Å². The van der Waals surface area contributed by atoms with Gasteiger partial charge < -0.3 is 19.3 Å². The van der Waals surface area contributed by atoms with Crippen molar-refractivity contribution >= 4 is 29.5 Å². The number of pyridine rings is 1. The molecule has 1 amide bonds. The van der Waals surface area contributed by atoms with Gasteiger partial charge in [0.1, 0.15) is 16.6 Å². The van der Waals surface area contributed by atoms with E-state index >= 15 is 0 Å². The molecule has 1 fully saturated rings. The van der Waals surface area contributed by atoms with Gasteiger partial charge in [-0.05, 0) is 39.8 Å². The Morgan fingerprint density at radius 2 is 1.96 bits per heavy atom. The second kappa shape index (κ2) is 7.47. The third kappa shape index (κ3) is 4.98. The average molecular weight is 370 g/mol. The number of carbonyl (C=O) groups is 2. The highest BCUT2D eigenvalue weighted by atomic mass is 35.5. The fourth-order valence-corrected chi connectivity index (χ4v) is 2.84. The highest BCUT2D eigenvalue weighted by Gasteiger charge is 2.31. The topological polar surface area (TPSA) is 72.0 Å². The van der Waals surface area contributed by atoms with Crippen LogP contribution in [0.1, 0.15) is 38.1 Å². The fraction of sp³-hybridized carbons (Fsp3) is 0.588. The zero-order valence-corrected chi connectivity index (χ0v) is 16.0. The van der Waals surface area contributed by atoms with Gasteiger partial charge in [-0.2, -0.15) is 0 Å². The molecule has 0 radical (unpaired) electrons. The van der Waals surface area contributed by atoms with Gasteiger partial charge >= 0.3 is 12.1 Å². The number of hydrogen-bond acceptors (Lipinski definition) is 6. The van der Waals surface area contributed by atoms with Crippen molar-refractivity contribution in [3.8, 4) is 0 Å². The standard InChI is InChI=1S/C17H24ClN3O4/c1-11-10-20(6-7-21(11)16(23)25-17(2,3)4)14-9-12(15(22)24-5)8-13(18)19-14/h8-9,11H,6-7,10H2,1-5H3/t11-/m1/s1. The van der Waals surface area contributed by atoms with E-state index in [-0.39, 0.29) is 17.3 Å². The number of halogens is 1. The summed E-state index contributed by atoms with van der Waals surface area (Å²) in [5.41, 5.74) is -0.183. The molecule has 0 saturated carbocycles. The number of hydrogen-bond donors (Lipinski definition) is 0. The average Bonchev–Trinajstić information content (AvgIpc) is 2.51. The number of rotatable bonds is 2. The molecule has 1 aromatic rings. The quantitative estimate of drug-likeness (QED) is 0.589. The van der Waals surface area contributed by atoms with Gasteiger partial charge in [-0.1, -0.05) is 11.6 Å². The first-order valence-corrected chi connectivity index (χ1v) is 8.49. The summed E-state index contributed by atoms with van der Waals surface area (Å²) in [6.07, 6.45) is -0.325. The van der Waals surface area contributed by atoms with E-state index in [1.54, 1.807) is 11.0 Å². The van der Waals surface area contributed by atoms with E-state index in [1.165, 1.54) is 13.2 Å². The Morgan fingerprint density at radius 3 is 2.52 bits per heavy atom. The zero-order chi connectivity index (χ0) is 18.8. The molecule has 1 saturated heterocycles. The number of amides is 1. The van der Waals surface area contributed by atoms with Crippen LogP contribution in [0.25, 0.3) is 0 Å². The highest BCUT2D eigenvalue weighted by molar-refractivity contribution is 6.29. The smallest absolute Gasteiger partial charge is 0.410 e. The second-order valence-corrected chi connectivity index (χ2v) is 7.38. The van der Waals surface area contributed by atoms with Crippen molar-refractivity contribution in [2.75, 3.05) is 31.6 Å². The summed E-state index contributed by atoms with van der Waals surface area (Å²) < 4.78 is 10.2. The lowest BCUT2D eigenvalue weighted by Gasteiger charge is -2.40. The van der Waals surface area contributed by atoms with Crippen molar-refractivity contribution in [2.24, 2.45) is 0 Å². The largest absolute Gasteiger partial charge is 0.465 e. The summed E-state index contributed by atoms with van der Waals surface area (Å²) in [7, 11) is 1.32. The Hall–Kier alpha value is -2.02. The van der Waals surface area contributed by atoms with Gasteiger partial charge in [0.05, 0.1) is 12.7 Å². The maximum absolute atomic E-state index is 12.3. The molecule has 1 atom stereocenters. The lowest BCUT2D eigenvalue weighted by molar-refractivity contribution is 0.0158. The molecular formula is C17H24ClN3O4. The van der Waals surface area contributed by atoms with Gasteiger partial charge in [-0.3, -0.25) is 0 Å². The number of carbonyl (C=O) groups excluding carboxylic acids is 2. The molecule has 0 N–H and O–H groups in total. The van der Waals surface area contributed by atoms with Crippen LogP contribution in [-0.4, -0.2) is 60.3 Å². The van der Waals surface area contributed by atoms with Crippen LogP contribution in [-0.2, 0) is 9.47 Å². The lowest BCUT2D eigenvalue weighted by atomic mass is 10.1. The molecule has 8 heteroatoms. The van der Waals surface area contributed by atoms with Crippen molar-refractivity contribution in [3.05, 3.63) is 22.8 Å². The molecule has 1 aromatic heterocycles. The molecule has 7 nitrogen and oxygen atoms in total. The van der Waals surface area contributed by atoms with Crippen LogP contribution >= 0.6 is 11.6 Å². The minimum absolute atomic E-state index is 0.0639. The molecule has 25 heavy (non-hydrogen) atoms. The van der Waals surface area contributed by atoms with Crippen LogP contribution < -0.4 is 4.90 Å². The minimum atomic E-state index is -0.530. The van der Waals surface area contributed by atoms with E-state index in [0.717, 1.165) is 0 Å². The van der Waals surface area contributed by atoms with Crippen molar-refractivity contribution in [1.29, 1.82) is 0 Å². The molecule has 0 aliphatic carbocycles. The number of ether oxygens (including phenoxy) is 2. The molecule has 2 rings (SSSR count). The van der Waals surface area contributed by atoms with E-state index in [2.05, 4.69) is 4.98 Å². The predicted molar refractivity (Wildman–Crippen MR) is 95.2 cm³/mol. The Balaban J connectivity index is 2.12. The van der Waals surface area contributed by atoms with E-state index in [1.807, 2.05) is 32.6 Å². The summed E-state index contributed by atoms with van der Waals surface area (Å²) in [6, 6.07) is 3.05. The van der Waals surface area contributed by atoms with Crippen LogP contribution in [0.3, 0.4) is 0 Å². The highest BCUT2D eigenvalue weighted by Crippen LogP contribution is 2.23. The molecule has 0 unspecified atom stereocenters. The second-order valence-electron chi connectivity index (χ2n) is 7.00. The zero-order valence-electron chi connectivity index (χ0n) is 15.2. The van der Waals surface area contributed by atoms with Gasteiger partial charge in [-0.25, -0.2) is 14.6 Å². The molecule has 0 aromatic carbocycles. The summed E-state index contributed by atoms with van der Waals surface area (Å²) in [5.74, 6) is 0.120. The van der Waals surface area contributed by atoms with Crippen molar-refractivity contribution in [3.63, 3.8) is 0 Å². The van der Waals surface area contributed by atoms with E-state index in [9.17, 15) is 9.59 Å². The monoisotopic (exact) mass is 369 g/mol. The third-order valence-corrected chi connectivity index (χ3v) is 3.97. The maximum Gasteiger partial charge on any atom is 0.410 e. The third-order valence-electron chi connectivity index (χ3n) is 3.78. The molecule has 2 heterocycles. The van der Waals surface area contributed by atoms with Gasteiger partial charge in [0.15, 0.2) is 0 Å². The summed E-state index contributed by atoms with van der Waals surface area (Å²) in [6.45, 7) is 9.10. The Bertz CT molecular complexity index is 660. The molecule has 138 valence electrons.